The molecule has 1 aromatic heterocycles. The molecule has 0 aliphatic carbocycles. The molecule has 5 nitrogen and oxygen atoms in total. The van der Waals surface area contributed by atoms with Gasteiger partial charge in [0, 0.05) is 13.1 Å². The number of hydrogen-bond acceptors (Lipinski definition) is 3. The van der Waals surface area contributed by atoms with Gasteiger partial charge in [-0.1, -0.05) is 0 Å². The molecule has 2 heterocycles. The minimum atomic E-state index is 0.0515. The van der Waals surface area contributed by atoms with Gasteiger partial charge in [0.25, 0.3) is 5.91 Å². The van der Waals surface area contributed by atoms with Gasteiger partial charge in [-0.3, -0.25) is 4.79 Å². The maximum absolute atomic E-state index is 12.1. The summed E-state index contributed by atoms with van der Waals surface area (Å²) >= 11 is 0. The van der Waals surface area contributed by atoms with E-state index in [0.29, 0.717) is 11.6 Å². The predicted molar refractivity (Wildman–Crippen MR) is 65.8 cm³/mol. The van der Waals surface area contributed by atoms with Gasteiger partial charge in [-0.2, -0.15) is 0 Å². The highest BCUT2D eigenvalue weighted by atomic mass is 16.2. The molecule has 0 radical (unpaired) electrons. The lowest BCUT2D eigenvalue weighted by molar-refractivity contribution is 0.0723. The van der Waals surface area contributed by atoms with Crippen LogP contribution >= 0.6 is 0 Å². The summed E-state index contributed by atoms with van der Waals surface area (Å²) < 4.78 is 0. The molecule has 2 N–H and O–H groups in total. The quantitative estimate of drug-likeness (QED) is 0.815. The SMILES string of the molecule is CCN(CC1CCCNC1)C(=O)c1cnc[nH]1. The summed E-state index contributed by atoms with van der Waals surface area (Å²) in [6.07, 6.45) is 5.55. The number of carbonyl (C=O) groups is 1. The summed E-state index contributed by atoms with van der Waals surface area (Å²) in [5.74, 6) is 0.631. The second-order valence-corrected chi connectivity index (χ2v) is 4.52. The van der Waals surface area contributed by atoms with Crippen LogP contribution in [0.4, 0.5) is 0 Å². The Kier molecular flexibility index (Phi) is 4.14. The number of rotatable bonds is 4. The van der Waals surface area contributed by atoms with E-state index < -0.39 is 0 Å². The Bertz CT molecular complexity index is 343. The number of H-pyrrole nitrogens is 1. The molecule has 1 aliphatic heterocycles. The van der Waals surface area contributed by atoms with Crippen molar-refractivity contribution in [3.63, 3.8) is 0 Å². The first kappa shape index (κ1) is 12.1. The van der Waals surface area contributed by atoms with E-state index in [1.807, 2.05) is 11.8 Å². The molecule has 0 aromatic carbocycles. The minimum absolute atomic E-state index is 0.0515. The first-order valence-electron chi connectivity index (χ1n) is 6.29. The van der Waals surface area contributed by atoms with Crippen molar-refractivity contribution in [2.24, 2.45) is 5.92 Å². The lowest BCUT2D eigenvalue weighted by Gasteiger charge is -2.29. The van der Waals surface area contributed by atoms with Gasteiger partial charge in [-0.15, -0.1) is 0 Å². The summed E-state index contributed by atoms with van der Waals surface area (Å²) in [5, 5.41) is 3.38. The summed E-state index contributed by atoms with van der Waals surface area (Å²) in [4.78, 5) is 20.8. The highest BCUT2D eigenvalue weighted by molar-refractivity contribution is 5.92. The number of nitrogens with one attached hydrogen (secondary N) is 2. The number of piperidine rings is 1. The fraction of sp³-hybridized carbons (Fsp3) is 0.667. The van der Waals surface area contributed by atoms with E-state index in [0.717, 1.165) is 26.2 Å². The van der Waals surface area contributed by atoms with E-state index in [1.54, 1.807) is 12.5 Å². The van der Waals surface area contributed by atoms with Crippen molar-refractivity contribution in [3.8, 4) is 0 Å². The van der Waals surface area contributed by atoms with E-state index in [9.17, 15) is 4.79 Å². The highest BCUT2D eigenvalue weighted by Gasteiger charge is 2.21. The Balaban J connectivity index is 1.93. The molecule has 1 amide bonds. The lowest BCUT2D eigenvalue weighted by atomic mass is 9.99. The van der Waals surface area contributed by atoms with Crippen molar-refractivity contribution < 1.29 is 4.79 Å². The van der Waals surface area contributed by atoms with Crippen LogP contribution in [0.25, 0.3) is 0 Å². The molecule has 2 rings (SSSR count). The van der Waals surface area contributed by atoms with Crippen molar-refractivity contribution in [1.82, 2.24) is 20.2 Å². The largest absolute Gasteiger partial charge is 0.341 e. The molecule has 1 fully saturated rings. The summed E-state index contributed by atoms with van der Waals surface area (Å²) in [5.41, 5.74) is 0.579. The molecule has 5 heteroatoms. The van der Waals surface area contributed by atoms with Gasteiger partial charge in [-0.25, -0.2) is 4.98 Å². The third-order valence-electron chi connectivity index (χ3n) is 3.28. The van der Waals surface area contributed by atoms with Crippen LogP contribution in [0.2, 0.25) is 0 Å². The molecule has 0 bridgehead atoms. The first-order valence-corrected chi connectivity index (χ1v) is 6.29. The standard InChI is InChI=1S/C12H20N4O/c1-2-16(8-10-4-3-5-13-6-10)12(17)11-7-14-9-15-11/h7,9-10,13H,2-6,8H2,1H3,(H,14,15). The Labute approximate surface area is 102 Å². The normalized spacial score (nSPS) is 20.2. The molecule has 1 unspecified atom stereocenters. The van der Waals surface area contributed by atoms with Crippen molar-refractivity contribution in [3.05, 3.63) is 18.2 Å². The van der Waals surface area contributed by atoms with Crippen molar-refractivity contribution in [1.29, 1.82) is 0 Å². The summed E-state index contributed by atoms with van der Waals surface area (Å²) in [6, 6.07) is 0. The third kappa shape index (κ3) is 3.06. The zero-order chi connectivity index (χ0) is 12.1. The molecule has 0 saturated carbocycles. The van der Waals surface area contributed by atoms with Crippen molar-refractivity contribution in [2.75, 3.05) is 26.2 Å². The number of nitrogens with zero attached hydrogens (tertiary/aromatic N) is 2. The number of imidazole rings is 1. The van der Waals surface area contributed by atoms with Crippen molar-refractivity contribution in [2.45, 2.75) is 19.8 Å². The predicted octanol–water partition coefficient (Wildman–Crippen LogP) is 0.871. The highest BCUT2D eigenvalue weighted by Crippen LogP contribution is 2.13. The van der Waals surface area contributed by atoms with Crippen LogP contribution in [0, 0.1) is 5.92 Å². The van der Waals surface area contributed by atoms with E-state index in [4.69, 9.17) is 0 Å². The van der Waals surface area contributed by atoms with Gasteiger partial charge < -0.3 is 15.2 Å². The summed E-state index contributed by atoms with van der Waals surface area (Å²) in [6.45, 7) is 5.73. The number of aromatic amines is 1. The maximum atomic E-state index is 12.1. The molecular formula is C12H20N4O. The van der Waals surface area contributed by atoms with E-state index >= 15 is 0 Å². The van der Waals surface area contributed by atoms with Crippen LogP contribution in [-0.4, -0.2) is 47.0 Å². The molecule has 0 spiro atoms. The van der Waals surface area contributed by atoms with Crippen LogP contribution in [-0.2, 0) is 0 Å². The van der Waals surface area contributed by atoms with Gasteiger partial charge >= 0.3 is 0 Å². The molecular weight excluding hydrogens is 216 g/mol. The molecule has 94 valence electrons. The molecule has 17 heavy (non-hydrogen) atoms. The number of carbonyl (C=O) groups excluding carboxylic acids is 1. The van der Waals surface area contributed by atoms with Crippen molar-refractivity contribution >= 4 is 5.91 Å². The molecule has 1 aliphatic rings. The minimum Gasteiger partial charge on any atom is -0.341 e. The van der Waals surface area contributed by atoms with Crippen LogP contribution < -0.4 is 5.32 Å². The van der Waals surface area contributed by atoms with Crippen LogP contribution in [0.1, 0.15) is 30.3 Å². The van der Waals surface area contributed by atoms with Crippen LogP contribution in [0.15, 0.2) is 12.5 Å². The van der Waals surface area contributed by atoms with Gasteiger partial charge in [0.05, 0.1) is 12.5 Å². The Morgan fingerprint density at radius 2 is 2.53 bits per heavy atom. The Morgan fingerprint density at radius 3 is 3.12 bits per heavy atom. The molecule has 1 atom stereocenters. The fourth-order valence-electron chi connectivity index (χ4n) is 2.29. The van der Waals surface area contributed by atoms with Gasteiger partial charge in [-0.05, 0) is 38.8 Å². The third-order valence-corrected chi connectivity index (χ3v) is 3.28. The number of hydrogen-bond donors (Lipinski definition) is 2. The molecule has 1 saturated heterocycles. The van der Waals surface area contributed by atoms with Crippen LogP contribution in [0.5, 0.6) is 0 Å². The van der Waals surface area contributed by atoms with Crippen LogP contribution in [0.3, 0.4) is 0 Å². The van der Waals surface area contributed by atoms with E-state index in [2.05, 4.69) is 15.3 Å². The molecule has 1 aromatic rings. The maximum Gasteiger partial charge on any atom is 0.271 e. The van der Waals surface area contributed by atoms with Gasteiger partial charge in [0.15, 0.2) is 0 Å². The second-order valence-electron chi connectivity index (χ2n) is 4.52. The first-order chi connectivity index (χ1) is 8.31. The number of aromatic nitrogens is 2. The topological polar surface area (TPSA) is 61.0 Å². The lowest BCUT2D eigenvalue weighted by Crippen LogP contribution is -2.41. The Morgan fingerprint density at radius 1 is 1.65 bits per heavy atom. The number of amides is 1. The second kappa shape index (κ2) is 5.82. The average Bonchev–Trinajstić information content (AvgIpc) is 2.90. The Hall–Kier alpha value is -1.36. The van der Waals surface area contributed by atoms with Gasteiger partial charge in [0.1, 0.15) is 5.69 Å². The van der Waals surface area contributed by atoms with E-state index in [1.165, 1.54) is 12.8 Å². The monoisotopic (exact) mass is 236 g/mol. The average molecular weight is 236 g/mol. The summed E-state index contributed by atoms with van der Waals surface area (Å²) in [7, 11) is 0. The van der Waals surface area contributed by atoms with Gasteiger partial charge in [0.2, 0.25) is 0 Å². The zero-order valence-corrected chi connectivity index (χ0v) is 10.3. The van der Waals surface area contributed by atoms with E-state index in [-0.39, 0.29) is 5.91 Å². The fourth-order valence-corrected chi connectivity index (χ4v) is 2.29. The smallest absolute Gasteiger partial charge is 0.271 e. The zero-order valence-electron chi connectivity index (χ0n) is 10.3.